The number of benzene rings is 1. The molecule has 1 amide bonds. The summed E-state index contributed by atoms with van der Waals surface area (Å²) in [6, 6.07) is 6.52. The molecule has 2 heterocycles. The number of amides is 1. The third kappa shape index (κ3) is 4.16. The molecule has 8 heteroatoms. The number of carbonyl (C=O) groups excluding carboxylic acids is 1. The van der Waals surface area contributed by atoms with E-state index in [9.17, 15) is 14.0 Å². The van der Waals surface area contributed by atoms with E-state index in [-0.39, 0.29) is 35.6 Å². The number of fused-ring (bicyclic) bond motifs is 1. The van der Waals surface area contributed by atoms with Crippen molar-refractivity contribution in [2.24, 2.45) is 0 Å². The Labute approximate surface area is 182 Å². The number of carbonyl (C=O) groups is 1. The number of thioether (sulfide) groups is 1. The van der Waals surface area contributed by atoms with Crippen LogP contribution in [0.5, 0.6) is 0 Å². The fraction of sp³-hybridized carbons (Fsp3) is 0.409. The van der Waals surface area contributed by atoms with Crippen LogP contribution in [0.25, 0.3) is 10.2 Å². The van der Waals surface area contributed by atoms with E-state index in [2.05, 4.69) is 5.32 Å². The highest BCUT2D eigenvalue weighted by Crippen LogP contribution is 2.34. The first kappa shape index (κ1) is 21.1. The van der Waals surface area contributed by atoms with Crippen LogP contribution in [0.2, 0.25) is 0 Å². The Bertz CT molecular complexity index is 1150. The SMILES string of the molecule is Cc1sc2nc(SCC(=O)NCc3ccccc3F)n(C3CCCC3)c(=O)c2c1C. The van der Waals surface area contributed by atoms with Crippen LogP contribution in [0.15, 0.2) is 34.2 Å². The van der Waals surface area contributed by atoms with Crippen LogP contribution >= 0.6 is 23.1 Å². The van der Waals surface area contributed by atoms with Crippen molar-refractivity contribution in [1.29, 1.82) is 0 Å². The van der Waals surface area contributed by atoms with Crippen molar-refractivity contribution in [3.63, 3.8) is 0 Å². The molecule has 2 aromatic heterocycles. The quantitative estimate of drug-likeness (QED) is 0.440. The summed E-state index contributed by atoms with van der Waals surface area (Å²) in [6.07, 6.45) is 4.12. The molecule has 158 valence electrons. The number of aryl methyl sites for hydroxylation is 2. The number of hydrogen-bond acceptors (Lipinski definition) is 5. The first-order valence-electron chi connectivity index (χ1n) is 10.1. The maximum Gasteiger partial charge on any atom is 0.263 e. The fourth-order valence-corrected chi connectivity index (χ4v) is 5.86. The molecule has 1 aliphatic carbocycles. The van der Waals surface area contributed by atoms with Crippen LogP contribution in [-0.4, -0.2) is 21.2 Å². The van der Waals surface area contributed by atoms with Gasteiger partial charge in [0.2, 0.25) is 5.91 Å². The zero-order valence-corrected chi connectivity index (χ0v) is 18.7. The number of halogens is 1. The molecule has 0 atom stereocenters. The molecule has 1 N–H and O–H groups in total. The zero-order valence-electron chi connectivity index (χ0n) is 17.0. The van der Waals surface area contributed by atoms with Gasteiger partial charge in [-0.3, -0.25) is 14.2 Å². The lowest BCUT2D eigenvalue weighted by Crippen LogP contribution is -2.28. The highest BCUT2D eigenvalue weighted by atomic mass is 32.2. The summed E-state index contributed by atoms with van der Waals surface area (Å²) in [5.41, 5.74) is 1.45. The highest BCUT2D eigenvalue weighted by Gasteiger charge is 2.25. The Morgan fingerprint density at radius 1 is 1.30 bits per heavy atom. The Balaban J connectivity index is 1.55. The molecule has 0 bridgehead atoms. The first-order chi connectivity index (χ1) is 14.5. The lowest BCUT2D eigenvalue weighted by molar-refractivity contribution is -0.118. The highest BCUT2D eigenvalue weighted by molar-refractivity contribution is 7.99. The third-order valence-corrected chi connectivity index (χ3v) is 7.71. The second-order valence-electron chi connectivity index (χ2n) is 7.63. The van der Waals surface area contributed by atoms with E-state index in [0.29, 0.717) is 16.1 Å². The number of rotatable bonds is 6. The summed E-state index contributed by atoms with van der Waals surface area (Å²) >= 11 is 2.80. The van der Waals surface area contributed by atoms with Crippen molar-refractivity contribution in [3.8, 4) is 0 Å². The summed E-state index contributed by atoms with van der Waals surface area (Å²) in [4.78, 5) is 32.3. The number of aromatic nitrogens is 2. The smallest absolute Gasteiger partial charge is 0.263 e. The topological polar surface area (TPSA) is 64.0 Å². The van der Waals surface area contributed by atoms with Crippen LogP contribution in [0, 0.1) is 19.7 Å². The molecule has 4 rings (SSSR count). The molecular formula is C22H24FN3O2S2. The van der Waals surface area contributed by atoms with Crippen molar-refractivity contribution in [3.05, 3.63) is 56.4 Å². The molecule has 0 saturated heterocycles. The Hall–Kier alpha value is -2.19. The van der Waals surface area contributed by atoms with Gasteiger partial charge in [0.15, 0.2) is 5.16 Å². The Kier molecular flexibility index (Phi) is 6.24. The Morgan fingerprint density at radius 2 is 2.03 bits per heavy atom. The minimum atomic E-state index is -0.337. The number of thiophene rings is 1. The summed E-state index contributed by atoms with van der Waals surface area (Å²) < 4.78 is 15.5. The molecule has 1 aliphatic rings. The van der Waals surface area contributed by atoms with Gasteiger partial charge in [0.05, 0.1) is 11.1 Å². The number of nitrogens with zero attached hydrogens (tertiary/aromatic N) is 2. The van der Waals surface area contributed by atoms with Crippen LogP contribution < -0.4 is 10.9 Å². The molecule has 1 aromatic carbocycles. The van der Waals surface area contributed by atoms with Crippen molar-refractivity contribution in [1.82, 2.24) is 14.9 Å². The average Bonchev–Trinajstić information content (AvgIpc) is 3.34. The van der Waals surface area contributed by atoms with Crippen LogP contribution in [0.1, 0.15) is 47.7 Å². The van der Waals surface area contributed by atoms with Gasteiger partial charge in [-0.05, 0) is 38.3 Å². The number of nitrogens with one attached hydrogen (secondary N) is 1. The van der Waals surface area contributed by atoms with Crippen LogP contribution in [0.3, 0.4) is 0 Å². The predicted octanol–water partition coefficient (Wildman–Crippen LogP) is 4.74. The lowest BCUT2D eigenvalue weighted by Gasteiger charge is -2.18. The van der Waals surface area contributed by atoms with E-state index in [1.807, 2.05) is 18.4 Å². The van der Waals surface area contributed by atoms with Crippen LogP contribution in [-0.2, 0) is 11.3 Å². The second-order valence-corrected chi connectivity index (χ2v) is 9.77. The number of hydrogen-bond donors (Lipinski definition) is 1. The largest absolute Gasteiger partial charge is 0.351 e. The van der Waals surface area contributed by atoms with E-state index >= 15 is 0 Å². The molecule has 0 radical (unpaired) electrons. The van der Waals surface area contributed by atoms with Crippen molar-refractivity contribution < 1.29 is 9.18 Å². The van der Waals surface area contributed by atoms with Crippen molar-refractivity contribution in [2.75, 3.05) is 5.75 Å². The molecule has 0 aliphatic heterocycles. The molecule has 1 fully saturated rings. The fourth-order valence-electron chi connectivity index (χ4n) is 3.89. The molecular weight excluding hydrogens is 421 g/mol. The Morgan fingerprint density at radius 3 is 2.77 bits per heavy atom. The molecule has 1 saturated carbocycles. The van der Waals surface area contributed by atoms with Crippen molar-refractivity contribution >= 4 is 39.2 Å². The van der Waals surface area contributed by atoms with E-state index in [1.54, 1.807) is 18.2 Å². The third-order valence-electron chi connectivity index (χ3n) is 5.66. The van der Waals surface area contributed by atoms with Gasteiger partial charge in [0.1, 0.15) is 10.6 Å². The molecule has 0 spiro atoms. The standard InChI is InChI=1S/C22H24FN3O2S2/c1-13-14(2)30-20-19(13)21(28)26(16-8-4-5-9-16)22(25-20)29-12-18(27)24-11-15-7-3-6-10-17(15)23/h3,6-7,10,16H,4-5,8-9,11-12H2,1-2H3,(H,24,27). The van der Waals surface area contributed by atoms with Gasteiger partial charge < -0.3 is 5.32 Å². The maximum atomic E-state index is 13.7. The normalized spacial score (nSPS) is 14.5. The summed E-state index contributed by atoms with van der Waals surface area (Å²) in [7, 11) is 0. The molecule has 0 unspecified atom stereocenters. The van der Waals surface area contributed by atoms with Gasteiger partial charge in [0, 0.05) is 23.0 Å². The average molecular weight is 446 g/mol. The zero-order chi connectivity index (χ0) is 21.3. The maximum absolute atomic E-state index is 13.7. The van der Waals surface area contributed by atoms with Gasteiger partial charge >= 0.3 is 0 Å². The summed E-state index contributed by atoms with van der Waals surface area (Å²) in [5.74, 6) is -0.423. The van der Waals surface area contributed by atoms with E-state index in [4.69, 9.17) is 4.98 Å². The van der Waals surface area contributed by atoms with Gasteiger partial charge in [-0.25, -0.2) is 9.37 Å². The van der Waals surface area contributed by atoms with Crippen molar-refractivity contribution in [2.45, 2.75) is 57.3 Å². The van der Waals surface area contributed by atoms with E-state index < -0.39 is 0 Å². The summed E-state index contributed by atoms with van der Waals surface area (Å²) in [5, 5.41) is 4.06. The van der Waals surface area contributed by atoms with E-state index in [0.717, 1.165) is 41.0 Å². The summed E-state index contributed by atoms with van der Waals surface area (Å²) in [6.45, 7) is 4.11. The monoisotopic (exact) mass is 445 g/mol. The molecule has 3 aromatic rings. The minimum absolute atomic E-state index is 0.00279. The second kappa shape index (κ2) is 8.89. The van der Waals surface area contributed by atoms with Gasteiger partial charge in [-0.1, -0.05) is 42.8 Å². The van der Waals surface area contributed by atoms with Gasteiger partial charge in [-0.15, -0.1) is 11.3 Å². The predicted molar refractivity (Wildman–Crippen MR) is 120 cm³/mol. The van der Waals surface area contributed by atoms with E-state index in [1.165, 1.54) is 29.2 Å². The minimum Gasteiger partial charge on any atom is -0.351 e. The lowest BCUT2D eigenvalue weighted by atomic mass is 10.2. The van der Waals surface area contributed by atoms with Crippen LogP contribution in [0.4, 0.5) is 4.39 Å². The molecule has 30 heavy (non-hydrogen) atoms. The molecule has 5 nitrogen and oxygen atoms in total. The first-order valence-corrected chi connectivity index (χ1v) is 11.9. The van der Waals surface area contributed by atoms with Gasteiger partial charge in [0.25, 0.3) is 5.56 Å². The van der Waals surface area contributed by atoms with Gasteiger partial charge in [-0.2, -0.15) is 0 Å².